The van der Waals surface area contributed by atoms with Crippen molar-refractivity contribution in [1.29, 1.82) is 0 Å². The first-order valence-corrected chi connectivity index (χ1v) is 12.4. The molecule has 0 radical (unpaired) electrons. The van der Waals surface area contributed by atoms with Crippen LogP contribution in [-0.2, 0) is 24.4 Å². The van der Waals surface area contributed by atoms with Crippen LogP contribution in [0.3, 0.4) is 0 Å². The SMILES string of the molecule is Cc1ccccc1CN1CCC(C(=O)NCc2ccc(CN3CCCC(C)C3)cc2)CC1. The molecular weight excluding hydrogens is 394 g/mol. The van der Waals surface area contributed by atoms with E-state index in [-0.39, 0.29) is 11.8 Å². The van der Waals surface area contributed by atoms with Crippen LogP contribution in [0.1, 0.15) is 54.9 Å². The van der Waals surface area contributed by atoms with Crippen molar-refractivity contribution in [2.24, 2.45) is 11.8 Å². The molecule has 1 unspecified atom stereocenters. The van der Waals surface area contributed by atoms with Crippen LogP contribution in [0.4, 0.5) is 0 Å². The van der Waals surface area contributed by atoms with Gasteiger partial charge in [-0.05, 0) is 80.4 Å². The molecular formula is C28H39N3O. The minimum Gasteiger partial charge on any atom is -0.352 e. The van der Waals surface area contributed by atoms with Gasteiger partial charge >= 0.3 is 0 Å². The summed E-state index contributed by atoms with van der Waals surface area (Å²) >= 11 is 0. The fourth-order valence-corrected chi connectivity index (χ4v) is 5.17. The van der Waals surface area contributed by atoms with Gasteiger partial charge in [-0.3, -0.25) is 14.6 Å². The largest absolute Gasteiger partial charge is 0.352 e. The standard InChI is InChI=1S/C28H39N3O/c1-22-6-5-15-31(19-22)20-25-11-9-24(10-12-25)18-29-28(32)26-13-16-30(17-14-26)21-27-8-4-3-7-23(27)2/h3-4,7-12,22,26H,5-6,13-21H2,1-2H3,(H,29,32). The average Bonchev–Trinajstić information content (AvgIpc) is 2.80. The predicted octanol–water partition coefficient (Wildman–Crippen LogP) is 4.76. The molecule has 1 atom stereocenters. The summed E-state index contributed by atoms with van der Waals surface area (Å²) in [7, 11) is 0. The smallest absolute Gasteiger partial charge is 0.223 e. The first kappa shape index (κ1) is 23.0. The molecule has 0 bridgehead atoms. The second-order valence-corrected chi connectivity index (χ2v) is 9.99. The van der Waals surface area contributed by atoms with E-state index >= 15 is 0 Å². The lowest BCUT2D eigenvalue weighted by atomic mass is 9.95. The maximum atomic E-state index is 12.7. The maximum Gasteiger partial charge on any atom is 0.223 e. The summed E-state index contributed by atoms with van der Waals surface area (Å²) in [6, 6.07) is 17.4. The minimum atomic E-state index is 0.142. The third-order valence-corrected chi connectivity index (χ3v) is 7.25. The third-order valence-electron chi connectivity index (χ3n) is 7.25. The number of hydrogen-bond donors (Lipinski definition) is 1. The Morgan fingerprint density at radius 1 is 0.906 bits per heavy atom. The second kappa shape index (κ2) is 11.1. The number of nitrogens with zero attached hydrogens (tertiary/aromatic N) is 2. The summed E-state index contributed by atoms with van der Waals surface area (Å²) in [6.45, 7) is 11.6. The first-order valence-electron chi connectivity index (χ1n) is 12.4. The molecule has 2 fully saturated rings. The Balaban J connectivity index is 1.18. The van der Waals surface area contributed by atoms with Crippen molar-refractivity contribution in [3.63, 3.8) is 0 Å². The number of likely N-dealkylation sites (tertiary alicyclic amines) is 2. The van der Waals surface area contributed by atoms with Crippen molar-refractivity contribution in [3.8, 4) is 0 Å². The molecule has 0 aromatic heterocycles. The Kier molecular flexibility index (Phi) is 7.99. The predicted molar refractivity (Wildman–Crippen MR) is 131 cm³/mol. The van der Waals surface area contributed by atoms with Crippen molar-refractivity contribution in [1.82, 2.24) is 15.1 Å². The van der Waals surface area contributed by atoms with Crippen LogP contribution in [0, 0.1) is 18.8 Å². The number of hydrogen-bond acceptors (Lipinski definition) is 3. The Hall–Kier alpha value is -2.17. The molecule has 4 heteroatoms. The zero-order valence-electron chi connectivity index (χ0n) is 19.9. The van der Waals surface area contributed by atoms with Gasteiger partial charge in [0.2, 0.25) is 5.91 Å². The number of carbonyl (C=O) groups excluding carboxylic acids is 1. The van der Waals surface area contributed by atoms with Crippen molar-refractivity contribution in [2.75, 3.05) is 26.2 Å². The van der Waals surface area contributed by atoms with Gasteiger partial charge in [0.1, 0.15) is 0 Å². The van der Waals surface area contributed by atoms with Crippen molar-refractivity contribution in [3.05, 3.63) is 70.8 Å². The summed E-state index contributed by atoms with van der Waals surface area (Å²) in [5.74, 6) is 1.17. The van der Waals surface area contributed by atoms with Crippen LogP contribution < -0.4 is 5.32 Å². The number of carbonyl (C=O) groups is 1. The molecule has 2 aliphatic rings. The Labute approximate surface area is 194 Å². The van der Waals surface area contributed by atoms with Crippen molar-refractivity contribution >= 4 is 5.91 Å². The lowest BCUT2D eigenvalue weighted by Gasteiger charge is -2.31. The molecule has 172 valence electrons. The Morgan fingerprint density at radius 3 is 2.34 bits per heavy atom. The van der Waals surface area contributed by atoms with Gasteiger partial charge in [-0.2, -0.15) is 0 Å². The lowest BCUT2D eigenvalue weighted by Crippen LogP contribution is -2.40. The summed E-state index contributed by atoms with van der Waals surface area (Å²) in [5.41, 5.74) is 5.30. The fraction of sp³-hybridized carbons (Fsp3) is 0.536. The summed E-state index contributed by atoms with van der Waals surface area (Å²) in [6.07, 6.45) is 4.58. The number of nitrogens with one attached hydrogen (secondary N) is 1. The Morgan fingerprint density at radius 2 is 1.62 bits per heavy atom. The monoisotopic (exact) mass is 433 g/mol. The molecule has 2 saturated heterocycles. The Bertz CT molecular complexity index is 871. The zero-order valence-corrected chi connectivity index (χ0v) is 19.9. The van der Waals surface area contributed by atoms with Gasteiger partial charge in [-0.25, -0.2) is 0 Å². The van der Waals surface area contributed by atoms with Gasteiger partial charge in [0.15, 0.2) is 0 Å². The molecule has 0 aliphatic carbocycles. The van der Waals surface area contributed by atoms with Gasteiger partial charge in [-0.1, -0.05) is 55.5 Å². The average molecular weight is 434 g/mol. The van der Waals surface area contributed by atoms with Crippen LogP contribution in [0.2, 0.25) is 0 Å². The molecule has 2 aliphatic heterocycles. The molecule has 0 spiro atoms. The number of rotatable bonds is 7. The van der Waals surface area contributed by atoms with Gasteiger partial charge in [0.25, 0.3) is 0 Å². The molecule has 1 N–H and O–H groups in total. The normalized spacial score (nSPS) is 20.9. The zero-order chi connectivity index (χ0) is 22.3. The number of piperidine rings is 2. The van der Waals surface area contributed by atoms with Gasteiger partial charge in [0, 0.05) is 32.1 Å². The number of benzene rings is 2. The highest BCUT2D eigenvalue weighted by Crippen LogP contribution is 2.21. The minimum absolute atomic E-state index is 0.142. The molecule has 1 amide bonds. The fourth-order valence-electron chi connectivity index (χ4n) is 5.17. The van der Waals surface area contributed by atoms with Crippen molar-refractivity contribution in [2.45, 2.75) is 59.2 Å². The molecule has 2 heterocycles. The number of aryl methyl sites for hydroxylation is 1. The van der Waals surface area contributed by atoms with Crippen LogP contribution in [0.25, 0.3) is 0 Å². The molecule has 0 saturated carbocycles. The van der Waals surface area contributed by atoms with Gasteiger partial charge in [0.05, 0.1) is 0 Å². The van der Waals surface area contributed by atoms with Crippen LogP contribution >= 0.6 is 0 Å². The van der Waals surface area contributed by atoms with E-state index in [0.29, 0.717) is 6.54 Å². The summed E-state index contributed by atoms with van der Waals surface area (Å²) in [5, 5.41) is 3.18. The van der Waals surface area contributed by atoms with E-state index in [1.165, 1.54) is 48.2 Å². The maximum absolute atomic E-state index is 12.7. The van der Waals surface area contributed by atoms with Gasteiger partial charge in [-0.15, -0.1) is 0 Å². The van der Waals surface area contributed by atoms with Crippen LogP contribution in [0.15, 0.2) is 48.5 Å². The van der Waals surface area contributed by atoms with E-state index in [9.17, 15) is 4.79 Å². The van der Waals surface area contributed by atoms with E-state index in [2.05, 4.69) is 77.5 Å². The first-order chi connectivity index (χ1) is 15.6. The van der Waals surface area contributed by atoms with E-state index in [4.69, 9.17) is 0 Å². The highest BCUT2D eigenvalue weighted by molar-refractivity contribution is 5.78. The molecule has 4 nitrogen and oxygen atoms in total. The summed E-state index contributed by atoms with van der Waals surface area (Å²) in [4.78, 5) is 17.8. The molecule has 2 aromatic rings. The van der Waals surface area contributed by atoms with E-state index < -0.39 is 0 Å². The summed E-state index contributed by atoms with van der Waals surface area (Å²) < 4.78 is 0. The van der Waals surface area contributed by atoms with Crippen LogP contribution in [-0.4, -0.2) is 41.9 Å². The van der Waals surface area contributed by atoms with Crippen molar-refractivity contribution < 1.29 is 4.79 Å². The van der Waals surface area contributed by atoms with Crippen LogP contribution in [0.5, 0.6) is 0 Å². The van der Waals surface area contributed by atoms with E-state index in [1.54, 1.807) is 0 Å². The van der Waals surface area contributed by atoms with E-state index in [1.807, 2.05) is 0 Å². The number of amides is 1. The third kappa shape index (κ3) is 6.43. The second-order valence-electron chi connectivity index (χ2n) is 9.99. The highest BCUT2D eigenvalue weighted by atomic mass is 16.1. The van der Waals surface area contributed by atoms with E-state index in [0.717, 1.165) is 44.9 Å². The molecule has 2 aromatic carbocycles. The van der Waals surface area contributed by atoms with Gasteiger partial charge < -0.3 is 5.32 Å². The highest BCUT2D eigenvalue weighted by Gasteiger charge is 2.25. The molecule has 32 heavy (non-hydrogen) atoms. The topological polar surface area (TPSA) is 35.6 Å². The molecule has 4 rings (SSSR count). The quantitative estimate of drug-likeness (QED) is 0.684. The lowest BCUT2D eigenvalue weighted by molar-refractivity contribution is -0.126.